The van der Waals surface area contributed by atoms with Crippen LogP contribution in [0.2, 0.25) is 0 Å². The third kappa shape index (κ3) is 4.39. The molecule has 9 nitrogen and oxygen atoms in total. The highest BCUT2D eigenvalue weighted by Gasteiger charge is 2.33. The van der Waals surface area contributed by atoms with E-state index in [-0.39, 0.29) is 11.8 Å². The molecule has 162 valence electrons. The maximum atomic E-state index is 13.0. The minimum absolute atomic E-state index is 0.131. The molecule has 0 aliphatic carbocycles. The van der Waals surface area contributed by atoms with Gasteiger partial charge in [0.1, 0.15) is 12.1 Å². The van der Waals surface area contributed by atoms with Crippen LogP contribution >= 0.6 is 0 Å². The maximum Gasteiger partial charge on any atom is 0.326 e. The topological polar surface area (TPSA) is 117 Å². The van der Waals surface area contributed by atoms with Gasteiger partial charge >= 0.3 is 12.0 Å². The number of benzene rings is 1. The molecule has 9 heteroatoms. The Morgan fingerprint density at radius 1 is 1.10 bits per heavy atom. The zero-order valence-corrected chi connectivity index (χ0v) is 17.8. The van der Waals surface area contributed by atoms with E-state index in [1.54, 1.807) is 13.8 Å². The Morgan fingerprint density at radius 2 is 1.80 bits per heavy atom. The number of carbonyl (C=O) groups is 3. The number of aliphatic carboxylic acids is 1. The van der Waals surface area contributed by atoms with Gasteiger partial charge in [0.15, 0.2) is 0 Å². The number of nitrogens with one attached hydrogen (secondary N) is 2. The van der Waals surface area contributed by atoms with Crippen LogP contribution in [0, 0.1) is 11.8 Å². The van der Waals surface area contributed by atoms with Gasteiger partial charge in [-0.05, 0) is 30.4 Å². The van der Waals surface area contributed by atoms with Gasteiger partial charge in [0.05, 0.1) is 11.0 Å². The number of imidazole rings is 1. The number of carboxylic acids is 1. The number of fused-ring (bicyclic) bond motifs is 3. The lowest BCUT2D eigenvalue weighted by molar-refractivity contribution is -0.143. The number of anilines is 1. The first kappa shape index (κ1) is 21.6. The van der Waals surface area contributed by atoms with Crippen molar-refractivity contribution in [3.05, 3.63) is 24.3 Å². The van der Waals surface area contributed by atoms with Crippen LogP contribution in [0.15, 0.2) is 24.3 Å². The highest BCUT2D eigenvalue weighted by molar-refractivity contribution is 5.97. The summed E-state index contributed by atoms with van der Waals surface area (Å²) in [5.74, 6) is -1.19. The molecular weight excluding hydrogens is 386 g/mol. The van der Waals surface area contributed by atoms with Crippen LogP contribution in [-0.4, -0.2) is 51.2 Å². The van der Waals surface area contributed by atoms with E-state index in [9.17, 15) is 19.5 Å². The van der Waals surface area contributed by atoms with Crippen molar-refractivity contribution < 1.29 is 19.5 Å². The largest absolute Gasteiger partial charge is 0.480 e. The van der Waals surface area contributed by atoms with Crippen LogP contribution in [0.5, 0.6) is 0 Å². The molecule has 2 aromatic rings. The van der Waals surface area contributed by atoms with Crippen LogP contribution in [0.3, 0.4) is 0 Å². The maximum absolute atomic E-state index is 13.0. The van der Waals surface area contributed by atoms with E-state index in [4.69, 9.17) is 0 Å². The molecule has 0 radical (unpaired) electrons. The lowest BCUT2D eigenvalue weighted by Gasteiger charge is -2.25. The Kier molecular flexibility index (Phi) is 6.28. The van der Waals surface area contributed by atoms with E-state index in [0.29, 0.717) is 25.5 Å². The van der Waals surface area contributed by atoms with Crippen molar-refractivity contribution >= 4 is 34.9 Å². The molecule has 3 amide bonds. The second kappa shape index (κ2) is 8.73. The van der Waals surface area contributed by atoms with E-state index < -0.39 is 30.0 Å². The smallest absolute Gasteiger partial charge is 0.326 e. The number of urea groups is 1. The van der Waals surface area contributed by atoms with E-state index in [1.165, 1.54) is 4.90 Å². The average molecular weight is 415 g/mol. The molecule has 3 rings (SSSR count). The minimum Gasteiger partial charge on any atom is -0.480 e. The summed E-state index contributed by atoms with van der Waals surface area (Å²) < 4.78 is 1.98. The predicted octanol–water partition coefficient (Wildman–Crippen LogP) is 2.21. The lowest BCUT2D eigenvalue weighted by Crippen LogP contribution is -2.55. The first-order chi connectivity index (χ1) is 14.2. The Labute approximate surface area is 175 Å². The van der Waals surface area contributed by atoms with Gasteiger partial charge in [-0.15, -0.1) is 0 Å². The molecule has 30 heavy (non-hydrogen) atoms. The Bertz CT molecular complexity index is 952. The van der Waals surface area contributed by atoms with Crippen LogP contribution < -0.4 is 15.5 Å². The normalized spacial score (nSPS) is 15.3. The van der Waals surface area contributed by atoms with E-state index in [0.717, 1.165) is 11.0 Å². The van der Waals surface area contributed by atoms with E-state index in [2.05, 4.69) is 15.6 Å². The van der Waals surface area contributed by atoms with E-state index in [1.807, 2.05) is 42.7 Å². The fourth-order valence-corrected chi connectivity index (χ4v) is 3.68. The molecule has 2 heterocycles. The number of hydrogen-bond donors (Lipinski definition) is 3. The first-order valence-electron chi connectivity index (χ1n) is 10.3. The van der Waals surface area contributed by atoms with Crippen molar-refractivity contribution in [2.75, 3.05) is 11.4 Å². The van der Waals surface area contributed by atoms with Crippen molar-refractivity contribution in [1.29, 1.82) is 0 Å². The molecule has 1 aromatic carbocycles. The molecule has 1 aromatic heterocycles. The Morgan fingerprint density at radius 3 is 2.43 bits per heavy atom. The fourth-order valence-electron chi connectivity index (χ4n) is 3.68. The number of aromatic nitrogens is 2. The van der Waals surface area contributed by atoms with Gasteiger partial charge in [-0.1, -0.05) is 39.8 Å². The third-order valence-corrected chi connectivity index (χ3v) is 5.22. The summed E-state index contributed by atoms with van der Waals surface area (Å²) in [5.41, 5.74) is 1.77. The van der Waals surface area contributed by atoms with Gasteiger partial charge in [0, 0.05) is 13.1 Å². The minimum atomic E-state index is -1.10. The Balaban J connectivity index is 1.76. The Hall–Kier alpha value is -3.10. The second-order valence-electron chi connectivity index (χ2n) is 8.40. The van der Waals surface area contributed by atoms with Crippen LogP contribution in [-0.2, 0) is 16.1 Å². The molecule has 3 N–H and O–H groups in total. The predicted molar refractivity (Wildman–Crippen MR) is 113 cm³/mol. The van der Waals surface area contributed by atoms with E-state index >= 15 is 0 Å². The molecule has 0 fully saturated rings. The summed E-state index contributed by atoms with van der Waals surface area (Å²) in [5, 5.41) is 14.7. The molecule has 0 saturated heterocycles. The summed E-state index contributed by atoms with van der Waals surface area (Å²) in [6.45, 7) is 8.42. The number of amides is 3. The van der Waals surface area contributed by atoms with Gasteiger partial charge in [0.2, 0.25) is 11.9 Å². The number of hydrogen-bond acceptors (Lipinski definition) is 4. The van der Waals surface area contributed by atoms with Gasteiger partial charge in [-0.25, -0.2) is 14.6 Å². The van der Waals surface area contributed by atoms with Crippen molar-refractivity contribution in [2.45, 2.75) is 52.7 Å². The van der Waals surface area contributed by atoms with Crippen molar-refractivity contribution in [2.24, 2.45) is 11.8 Å². The zero-order chi connectivity index (χ0) is 22.0. The van der Waals surface area contributed by atoms with Crippen LogP contribution in [0.25, 0.3) is 11.0 Å². The highest BCUT2D eigenvalue weighted by Crippen LogP contribution is 2.27. The quantitative estimate of drug-likeness (QED) is 0.641. The molecule has 1 aliphatic rings. The number of para-hydroxylation sites is 2. The van der Waals surface area contributed by atoms with Crippen LogP contribution in [0.4, 0.5) is 10.7 Å². The van der Waals surface area contributed by atoms with Gasteiger partial charge < -0.3 is 20.3 Å². The number of nitrogens with zero attached hydrogens (tertiary/aromatic N) is 3. The molecule has 0 bridgehead atoms. The molecule has 2 atom stereocenters. The van der Waals surface area contributed by atoms with Gasteiger partial charge in [-0.3, -0.25) is 9.69 Å². The third-order valence-electron chi connectivity index (χ3n) is 5.22. The van der Waals surface area contributed by atoms with Crippen LogP contribution in [0.1, 0.15) is 34.1 Å². The molecule has 1 aliphatic heterocycles. The SMILES string of the molecule is CC(C)C[C@H](NC(=O)N1CCn2c1nc1ccccc12)C(=O)N[C@H](C(=O)O)C(C)C. The fraction of sp³-hybridized carbons (Fsp3) is 0.524. The van der Waals surface area contributed by atoms with Crippen molar-refractivity contribution in [1.82, 2.24) is 20.2 Å². The second-order valence-corrected chi connectivity index (χ2v) is 8.40. The summed E-state index contributed by atoms with van der Waals surface area (Å²) in [6.07, 6.45) is 0.395. The highest BCUT2D eigenvalue weighted by atomic mass is 16.4. The molecule has 0 saturated carbocycles. The number of carboxylic acid groups (broad SMARTS) is 1. The average Bonchev–Trinajstić information content (AvgIpc) is 3.23. The zero-order valence-electron chi connectivity index (χ0n) is 17.8. The molecule has 0 unspecified atom stereocenters. The summed E-state index contributed by atoms with van der Waals surface area (Å²) in [7, 11) is 0. The molecule has 0 spiro atoms. The summed E-state index contributed by atoms with van der Waals surface area (Å²) >= 11 is 0. The standard InChI is InChI=1S/C21H29N5O4/c1-12(2)11-15(18(27)24-17(13(3)4)19(28)29)23-21(30)26-10-9-25-16-8-6-5-7-14(16)22-20(25)26/h5-8,12-13,15,17H,9-11H2,1-4H3,(H,23,30)(H,24,27)(H,28,29)/t15-,17-/m0/s1. The summed E-state index contributed by atoms with van der Waals surface area (Å²) in [6, 6.07) is 5.41. The van der Waals surface area contributed by atoms with Gasteiger partial charge in [-0.2, -0.15) is 0 Å². The molecular formula is C21H29N5O4. The summed E-state index contributed by atoms with van der Waals surface area (Å²) in [4.78, 5) is 43.3. The lowest BCUT2D eigenvalue weighted by atomic mass is 10.0. The monoisotopic (exact) mass is 415 g/mol. The van der Waals surface area contributed by atoms with Crippen molar-refractivity contribution in [3.8, 4) is 0 Å². The first-order valence-corrected chi connectivity index (χ1v) is 10.3. The number of carbonyl (C=O) groups excluding carboxylic acids is 2. The van der Waals surface area contributed by atoms with Gasteiger partial charge in [0.25, 0.3) is 0 Å². The van der Waals surface area contributed by atoms with Crippen molar-refractivity contribution in [3.63, 3.8) is 0 Å². The number of rotatable bonds is 7.